The first-order valence-electron chi connectivity index (χ1n) is 15.9. The Morgan fingerprint density at radius 3 is 0.817 bits per heavy atom. The Balaban J connectivity index is -0.0000162. The summed E-state index contributed by atoms with van der Waals surface area (Å²) in [6.45, 7) is -11.2. The van der Waals surface area contributed by atoms with Crippen LogP contribution in [0.15, 0.2) is 0 Å². The lowest BCUT2D eigenvalue weighted by Gasteiger charge is -2.28. The Bertz CT molecular complexity index is 1490. The van der Waals surface area contributed by atoms with Crippen LogP contribution in [-0.2, 0) is 90.8 Å². The molecule has 0 aromatic carbocycles. The van der Waals surface area contributed by atoms with Crippen molar-refractivity contribution in [1.29, 1.82) is 0 Å². The maximum atomic E-state index is 11.8. The van der Waals surface area contributed by atoms with Gasteiger partial charge < -0.3 is 114 Å². The summed E-state index contributed by atoms with van der Waals surface area (Å²) in [5, 5.41) is 14.4. The van der Waals surface area contributed by atoms with Gasteiger partial charge in [-0.15, -0.1) is 0 Å². The van der Waals surface area contributed by atoms with Gasteiger partial charge in [0.2, 0.25) is 0 Å². The molecule has 0 saturated heterocycles. The van der Waals surface area contributed by atoms with Crippen LogP contribution in [0.2, 0.25) is 0 Å². The molecule has 0 aliphatic heterocycles. The van der Waals surface area contributed by atoms with Gasteiger partial charge in [-0.2, -0.15) is 0 Å². The first-order valence-corrected chi connectivity index (χ1v) is 26.1. The van der Waals surface area contributed by atoms with Gasteiger partial charge >= 0.3 is 0 Å². The van der Waals surface area contributed by atoms with E-state index in [1.54, 1.807) is 7.05 Å². The van der Waals surface area contributed by atoms with E-state index >= 15 is 0 Å². The maximum Gasteiger partial charge on any atom is 0.268 e. The number of hydrogen-bond acceptors (Lipinski definition) is 30. The summed E-state index contributed by atoms with van der Waals surface area (Å²) in [4.78, 5) is 89.9. The molecule has 4 N–H and O–H groups in total. The molecule has 60 heavy (non-hydrogen) atoms. The Labute approximate surface area is 346 Å². The second-order valence-electron chi connectivity index (χ2n) is 10.4. The van der Waals surface area contributed by atoms with Gasteiger partial charge in [0.15, 0.2) is 0 Å². The first-order chi connectivity index (χ1) is 26.7. The summed E-state index contributed by atoms with van der Waals surface area (Å²) >= 11 is 0. The van der Waals surface area contributed by atoms with Crippen LogP contribution in [0.1, 0.15) is 14.9 Å². The number of phosphoric acid groups is 7. The molecule has 0 bridgehead atoms. The Hall–Kier alpha value is 0.650. The van der Waals surface area contributed by atoms with E-state index in [9.17, 15) is 66.2 Å². The van der Waals surface area contributed by atoms with Gasteiger partial charge in [0.25, 0.3) is 54.8 Å². The van der Waals surface area contributed by atoms with Crippen molar-refractivity contribution >= 4 is 54.8 Å². The minimum atomic E-state index is -5.20. The standard InChI is InChI=1S/C20H51N2O29P7.2CH4/c1-21-13-19(15-23)16-50-57(35,36)47-11-9-45-55(31,32)43-7-5-41-53(27,28)39-3-4-40-54(29,30)42-6-8-44-56(33,34)46-10-12-48-58(37,38)51-18-20(14-22-2)17-49-52(24,25)26;;/h19-23H,3-18H2,1-2H3,(H,27,28)(H,29,30)(H,31,32)(H,33,34)(H,35,36)(H,37,38)(H2,24,25,26);2*1H4/p-7. The molecule has 366 valence electrons. The number of rotatable bonds is 39. The fourth-order valence-electron chi connectivity index (χ4n) is 3.23. The highest BCUT2D eigenvalue weighted by molar-refractivity contribution is 7.47. The molecular weight excluding hydrogens is 973 g/mol. The van der Waals surface area contributed by atoms with Crippen molar-refractivity contribution in [2.75, 3.05) is 120 Å². The van der Waals surface area contributed by atoms with E-state index in [-0.39, 0.29) is 27.9 Å². The minimum Gasteiger partial charge on any atom is -0.756 e. The van der Waals surface area contributed by atoms with E-state index in [1.165, 1.54) is 7.05 Å². The number of phosphoric ester groups is 7. The van der Waals surface area contributed by atoms with Crippen molar-refractivity contribution < 1.29 is 135 Å². The molecule has 38 heteroatoms. The third-order valence-corrected chi connectivity index (χ3v) is 12.0. The van der Waals surface area contributed by atoms with Crippen molar-refractivity contribution in [3.63, 3.8) is 0 Å². The Morgan fingerprint density at radius 2 is 0.600 bits per heavy atom. The van der Waals surface area contributed by atoms with Crippen LogP contribution >= 0.6 is 54.8 Å². The lowest BCUT2D eigenvalue weighted by molar-refractivity contribution is -0.238. The van der Waals surface area contributed by atoms with Crippen LogP contribution < -0.4 is 44.9 Å². The molecule has 9 atom stereocenters. The van der Waals surface area contributed by atoms with E-state index < -0.39 is 159 Å². The normalized spacial score (nSPS) is 20.0. The number of nitrogens with one attached hydrogen (secondary N) is 2. The molecule has 0 radical (unpaired) electrons. The number of hydrogen-bond donors (Lipinski definition) is 4. The van der Waals surface area contributed by atoms with Crippen LogP contribution in [-0.4, -0.2) is 130 Å². The van der Waals surface area contributed by atoms with E-state index in [0.29, 0.717) is 0 Å². The molecule has 0 fully saturated rings. The van der Waals surface area contributed by atoms with Crippen LogP contribution in [0.25, 0.3) is 0 Å². The molecule has 0 aromatic heterocycles. The molecule has 0 aliphatic rings. The molecule has 0 saturated carbocycles. The van der Waals surface area contributed by atoms with E-state index in [4.69, 9.17) is 10.00 Å². The van der Waals surface area contributed by atoms with Gasteiger partial charge in [-0.25, -0.2) is 0 Å². The summed E-state index contributed by atoms with van der Waals surface area (Å²) in [5.74, 6) is -1.46. The molecule has 31 nitrogen and oxygen atoms in total. The Morgan fingerprint density at radius 1 is 0.400 bits per heavy atom. The van der Waals surface area contributed by atoms with Crippen LogP contribution in [0, 0.1) is 11.8 Å². The Kier molecular flexibility index (Phi) is 35.0. The maximum absolute atomic E-state index is 11.8. The number of aliphatic hydroxyl groups excluding tert-OH is 1. The van der Waals surface area contributed by atoms with Crippen molar-refractivity contribution in [2.24, 2.45) is 11.8 Å². The third kappa shape index (κ3) is 38.0. The highest BCUT2D eigenvalue weighted by Gasteiger charge is 2.20. The smallest absolute Gasteiger partial charge is 0.268 e. The predicted molar refractivity (Wildman–Crippen MR) is 188 cm³/mol. The summed E-state index contributed by atoms with van der Waals surface area (Å²) < 4.78 is 138. The predicted octanol–water partition coefficient (Wildman–Crippen LogP) is -3.59. The van der Waals surface area contributed by atoms with Gasteiger partial charge in [-0.05, 0) is 14.1 Å². The largest absolute Gasteiger partial charge is 0.756 e. The zero-order valence-electron chi connectivity index (χ0n) is 30.5. The topological polar surface area (TPSA) is 465 Å². The molecule has 0 rings (SSSR count). The summed E-state index contributed by atoms with van der Waals surface area (Å²) in [5.41, 5.74) is 0. The molecule has 0 heterocycles. The lowest BCUT2D eigenvalue weighted by atomic mass is 10.2. The third-order valence-electron chi connectivity index (χ3n) is 5.56. The number of aliphatic hydroxyl groups is 1. The zero-order chi connectivity index (χ0) is 44.6. The van der Waals surface area contributed by atoms with Crippen LogP contribution in [0.5, 0.6) is 0 Å². The van der Waals surface area contributed by atoms with Gasteiger partial charge in [0.05, 0.1) is 85.9 Å². The minimum absolute atomic E-state index is 0. The zero-order valence-corrected chi connectivity index (χ0v) is 36.8. The van der Waals surface area contributed by atoms with Crippen LogP contribution in [0.4, 0.5) is 0 Å². The van der Waals surface area contributed by atoms with Gasteiger partial charge in [0.1, 0.15) is 0 Å². The van der Waals surface area contributed by atoms with Crippen molar-refractivity contribution in [3.8, 4) is 0 Å². The van der Waals surface area contributed by atoms with E-state index in [2.05, 4.69) is 69.4 Å². The van der Waals surface area contributed by atoms with E-state index in [0.717, 1.165) is 0 Å². The molecule has 0 amide bonds. The highest BCUT2D eigenvalue weighted by Crippen LogP contribution is 2.44. The molecule has 0 spiro atoms. The molecular formula is C22H52N2O29P7-7. The summed E-state index contributed by atoms with van der Waals surface area (Å²) in [6, 6.07) is 0. The molecule has 0 aromatic rings. The fraction of sp³-hybridized carbons (Fsp3) is 1.00. The molecule has 0 aliphatic carbocycles. The van der Waals surface area contributed by atoms with Gasteiger partial charge in [-0.3, -0.25) is 32.0 Å². The summed E-state index contributed by atoms with van der Waals surface area (Å²) in [7, 11) is -32.7. The second-order valence-corrected chi connectivity index (χ2v) is 20.1. The van der Waals surface area contributed by atoms with Crippen molar-refractivity contribution in [1.82, 2.24) is 10.6 Å². The average Bonchev–Trinajstić information content (AvgIpc) is 3.10. The van der Waals surface area contributed by atoms with Crippen LogP contribution in [0.3, 0.4) is 0 Å². The van der Waals surface area contributed by atoms with Gasteiger partial charge in [-0.1, -0.05) is 14.9 Å². The first kappa shape index (κ1) is 64.9. The van der Waals surface area contributed by atoms with E-state index in [1.807, 2.05) is 0 Å². The van der Waals surface area contributed by atoms with Crippen molar-refractivity contribution in [2.45, 2.75) is 14.9 Å². The highest BCUT2D eigenvalue weighted by atomic mass is 31.2. The lowest BCUT2D eigenvalue weighted by Crippen LogP contribution is -2.28. The summed E-state index contributed by atoms with van der Waals surface area (Å²) in [6.07, 6.45) is 0. The second kappa shape index (κ2) is 32.3. The van der Waals surface area contributed by atoms with Gasteiger partial charge in [0, 0.05) is 31.5 Å². The fourth-order valence-corrected chi connectivity index (χ4v) is 7.84. The monoisotopic (exact) mass is 1030 g/mol. The average molecular weight is 1030 g/mol. The SMILES string of the molecule is C.C.CNCC(CO)COP(=O)([O-])OCCOP(=O)([O-])OCCOP(=O)([O-])OCCOP(=O)([O-])OCCOP(=O)([O-])OCCOP(=O)([O-])OCC(CNC)COP(=O)([O-])O. The van der Waals surface area contributed by atoms with Crippen molar-refractivity contribution in [3.05, 3.63) is 0 Å². The quantitative estimate of drug-likeness (QED) is 0.0341. The molecule has 9 unspecified atom stereocenters.